The third-order valence-electron chi connectivity index (χ3n) is 5.90. The van der Waals surface area contributed by atoms with Crippen molar-refractivity contribution in [3.05, 3.63) is 102 Å². The molecule has 1 unspecified atom stereocenters. The molecule has 3 aromatic rings. The highest BCUT2D eigenvalue weighted by molar-refractivity contribution is 5.94. The molecule has 2 aromatic carbocycles. The van der Waals surface area contributed by atoms with Gasteiger partial charge in [-0.1, -0.05) is 60.7 Å². The van der Waals surface area contributed by atoms with Crippen LogP contribution in [0.3, 0.4) is 0 Å². The molecule has 0 bridgehead atoms. The Labute approximate surface area is 189 Å². The summed E-state index contributed by atoms with van der Waals surface area (Å²) in [7, 11) is 0. The molecule has 0 saturated carbocycles. The number of amides is 2. The van der Waals surface area contributed by atoms with Crippen LogP contribution in [0, 0.1) is 0 Å². The highest BCUT2D eigenvalue weighted by Crippen LogP contribution is 2.32. The standard InChI is InChI=1S/C27H29N3O2/c1-21(2)30(25(31)16-15-22-10-5-3-6-11-22)20-26(32)29-19-18-28-17-9-14-24(28)27(29)23-12-7-4-8-13-23/h3-17,21,27H,18-20H2,1-2H3/b16-15+. The fourth-order valence-electron chi connectivity index (χ4n) is 4.22. The number of fused-ring (bicyclic) bond motifs is 1. The zero-order valence-electron chi connectivity index (χ0n) is 18.6. The summed E-state index contributed by atoms with van der Waals surface area (Å²) in [4.78, 5) is 30.0. The van der Waals surface area contributed by atoms with Gasteiger partial charge in [0, 0.05) is 37.1 Å². The summed E-state index contributed by atoms with van der Waals surface area (Å²) in [6.45, 7) is 5.30. The number of carbonyl (C=O) groups is 2. The molecular formula is C27H29N3O2. The van der Waals surface area contributed by atoms with E-state index in [0.29, 0.717) is 6.54 Å². The number of hydrogen-bond donors (Lipinski definition) is 0. The molecule has 1 aliphatic rings. The van der Waals surface area contributed by atoms with Crippen LogP contribution < -0.4 is 0 Å². The molecule has 4 rings (SSSR count). The van der Waals surface area contributed by atoms with Gasteiger partial charge in [-0.05, 0) is 43.2 Å². The molecule has 5 heteroatoms. The van der Waals surface area contributed by atoms with Crippen molar-refractivity contribution in [2.75, 3.05) is 13.1 Å². The minimum atomic E-state index is -0.158. The Bertz CT molecular complexity index is 1090. The third kappa shape index (κ3) is 4.67. The number of nitrogens with zero attached hydrogens (tertiary/aromatic N) is 3. The van der Waals surface area contributed by atoms with E-state index >= 15 is 0 Å². The normalized spacial score (nSPS) is 15.7. The van der Waals surface area contributed by atoms with E-state index in [4.69, 9.17) is 0 Å². The van der Waals surface area contributed by atoms with Gasteiger partial charge in [0.1, 0.15) is 6.54 Å². The van der Waals surface area contributed by atoms with Crippen molar-refractivity contribution in [1.29, 1.82) is 0 Å². The summed E-state index contributed by atoms with van der Waals surface area (Å²) in [6.07, 6.45) is 5.41. The monoisotopic (exact) mass is 427 g/mol. The molecule has 164 valence electrons. The molecule has 5 nitrogen and oxygen atoms in total. The van der Waals surface area contributed by atoms with Crippen LogP contribution in [-0.2, 0) is 16.1 Å². The Morgan fingerprint density at radius 1 is 0.969 bits per heavy atom. The summed E-state index contributed by atoms with van der Waals surface area (Å²) in [5, 5.41) is 0. The van der Waals surface area contributed by atoms with Crippen molar-refractivity contribution in [2.45, 2.75) is 32.5 Å². The van der Waals surface area contributed by atoms with Gasteiger partial charge in [-0.25, -0.2) is 0 Å². The summed E-state index contributed by atoms with van der Waals surface area (Å²) in [5.74, 6) is -0.199. The van der Waals surface area contributed by atoms with Crippen molar-refractivity contribution in [1.82, 2.24) is 14.4 Å². The van der Waals surface area contributed by atoms with Crippen LogP contribution in [0.15, 0.2) is 85.1 Å². The van der Waals surface area contributed by atoms with Gasteiger partial charge >= 0.3 is 0 Å². The molecule has 1 aromatic heterocycles. The number of hydrogen-bond acceptors (Lipinski definition) is 2. The lowest BCUT2D eigenvalue weighted by Gasteiger charge is -2.39. The van der Waals surface area contributed by atoms with Crippen molar-refractivity contribution in [3.63, 3.8) is 0 Å². The van der Waals surface area contributed by atoms with E-state index in [2.05, 4.69) is 29.0 Å². The van der Waals surface area contributed by atoms with Crippen LogP contribution in [-0.4, -0.2) is 45.3 Å². The molecular weight excluding hydrogens is 398 g/mol. The van der Waals surface area contributed by atoms with E-state index in [0.717, 1.165) is 23.4 Å². The van der Waals surface area contributed by atoms with Gasteiger partial charge in [-0.3, -0.25) is 9.59 Å². The van der Waals surface area contributed by atoms with Gasteiger partial charge < -0.3 is 14.4 Å². The van der Waals surface area contributed by atoms with E-state index < -0.39 is 0 Å². The second-order valence-electron chi connectivity index (χ2n) is 8.33. The number of benzene rings is 2. The van der Waals surface area contributed by atoms with Crippen LogP contribution in [0.2, 0.25) is 0 Å². The van der Waals surface area contributed by atoms with Crippen LogP contribution >= 0.6 is 0 Å². The fraction of sp³-hybridized carbons (Fsp3) is 0.259. The summed E-state index contributed by atoms with van der Waals surface area (Å²) in [6, 6.07) is 23.7. The van der Waals surface area contributed by atoms with Crippen LogP contribution in [0.1, 0.15) is 36.7 Å². The van der Waals surface area contributed by atoms with Crippen LogP contribution in [0.4, 0.5) is 0 Å². The fourth-order valence-corrected chi connectivity index (χ4v) is 4.22. The second kappa shape index (κ2) is 9.69. The lowest BCUT2D eigenvalue weighted by atomic mass is 10.00. The Kier molecular flexibility index (Phi) is 6.55. The largest absolute Gasteiger partial charge is 0.348 e. The quantitative estimate of drug-likeness (QED) is 0.549. The van der Waals surface area contributed by atoms with Gasteiger partial charge in [-0.2, -0.15) is 0 Å². The first-order valence-corrected chi connectivity index (χ1v) is 11.1. The van der Waals surface area contributed by atoms with Crippen LogP contribution in [0.5, 0.6) is 0 Å². The Morgan fingerprint density at radius 2 is 1.66 bits per heavy atom. The maximum atomic E-state index is 13.5. The summed E-state index contributed by atoms with van der Waals surface area (Å²) < 4.78 is 2.20. The van der Waals surface area contributed by atoms with Gasteiger partial charge in [0.2, 0.25) is 11.8 Å². The highest BCUT2D eigenvalue weighted by Gasteiger charge is 2.33. The smallest absolute Gasteiger partial charge is 0.247 e. The van der Waals surface area contributed by atoms with Crippen molar-refractivity contribution < 1.29 is 9.59 Å². The van der Waals surface area contributed by atoms with E-state index in [1.807, 2.05) is 73.3 Å². The molecule has 0 spiro atoms. The molecule has 0 saturated heterocycles. The van der Waals surface area contributed by atoms with E-state index in [1.54, 1.807) is 17.1 Å². The lowest BCUT2D eigenvalue weighted by molar-refractivity contribution is -0.141. The molecule has 0 aliphatic carbocycles. The number of carbonyl (C=O) groups excluding carboxylic acids is 2. The molecule has 2 amide bonds. The SMILES string of the molecule is CC(C)N(CC(=O)N1CCn2cccc2C1c1ccccc1)C(=O)/C=C/c1ccccc1. The second-order valence-corrected chi connectivity index (χ2v) is 8.33. The average molecular weight is 428 g/mol. The third-order valence-corrected chi connectivity index (χ3v) is 5.90. The van der Waals surface area contributed by atoms with Gasteiger partial charge in [0.15, 0.2) is 0 Å². The average Bonchev–Trinajstić information content (AvgIpc) is 3.30. The first kappa shape index (κ1) is 21.6. The van der Waals surface area contributed by atoms with Gasteiger partial charge in [0.05, 0.1) is 6.04 Å². The molecule has 0 N–H and O–H groups in total. The molecule has 2 heterocycles. The molecule has 0 fully saturated rings. The minimum absolute atomic E-state index is 0.0403. The van der Waals surface area contributed by atoms with Gasteiger partial charge in [0.25, 0.3) is 0 Å². The predicted octanol–water partition coefficient (Wildman–Crippen LogP) is 4.37. The Balaban J connectivity index is 1.55. The van der Waals surface area contributed by atoms with E-state index in [-0.39, 0.29) is 30.4 Å². The summed E-state index contributed by atoms with van der Waals surface area (Å²) in [5.41, 5.74) is 3.13. The van der Waals surface area contributed by atoms with E-state index in [1.165, 1.54) is 0 Å². The maximum absolute atomic E-state index is 13.5. The molecule has 1 atom stereocenters. The first-order chi connectivity index (χ1) is 15.5. The maximum Gasteiger partial charge on any atom is 0.247 e. The minimum Gasteiger partial charge on any atom is -0.348 e. The van der Waals surface area contributed by atoms with Crippen molar-refractivity contribution >= 4 is 17.9 Å². The summed E-state index contributed by atoms with van der Waals surface area (Å²) >= 11 is 0. The van der Waals surface area contributed by atoms with Crippen molar-refractivity contribution in [3.8, 4) is 0 Å². The lowest BCUT2D eigenvalue weighted by Crippen LogP contribution is -2.49. The van der Waals surface area contributed by atoms with Crippen molar-refractivity contribution in [2.24, 2.45) is 0 Å². The highest BCUT2D eigenvalue weighted by atomic mass is 16.2. The number of aromatic nitrogens is 1. The zero-order chi connectivity index (χ0) is 22.5. The number of rotatable bonds is 6. The molecule has 0 radical (unpaired) electrons. The predicted molar refractivity (Wildman–Crippen MR) is 127 cm³/mol. The van der Waals surface area contributed by atoms with Gasteiger partial charge in [-0.15, -0.1) is 0 Å². The van der Waals surface area contributed by atoms with Crippen LogP contribution in [0.25, 0.3) is 6.08 Å². The Morgan fingerprint density at radius 3 is 2.34 bits per heavy atom. The topological polar surface area (TPSA) is 45.6 Å². The van der Waals surface area contributed by atoms with E-state index in [9.17, 15) is 9.59 Å². The molecule has 1 aliphatic heterocycles. The molecule has 32 heavy (non-hydrogen) atoms. The first-order valence-electron chi connectivity index (χ1n) is 11.1. The zero-order valence-corrected chi connectivity index (χ0v) is 18.6. The Hall–Kier alpha value is -3.60.